The molecule has 1 atom stereocenters. The number of nitrogens with zero attached hydrogens (tertiary/aromatic N) is 2. The molecule has 0 bridgehead atoms. The van der Waals surface area contributed by atoms with Crippen molar-refractivity contribution in [1.82, 2.24) is 0 Å². The SMILES string of the molecule is N#Cc1cc([N+](=O)[O-])ccc1NC(=O)C(N)c1cccs1. The summed E-state index contributed by atoms with van der Waals surface area (Å²) >= 11 is 1.35. The molecule has 0 aliphatic heterocycles. The maximum absolute atomic E-state index is 12.0. The highest BCUT2D eigenvalue weighted by molar-refractivity contribution is 7.10. The van der Waals surface area contributed by atoms with E-state index in [1.807, 2.05) is 6.07 Å². The molecule has 0 saturated heterocycles. The van der Waals surface area contributed by atoms with Crippen molar-refractivity contribution in [3.8, 4) is 6.07 Å². The van der Waals surface area contributed by atoms with Crippen molar-refractivity contribution in [3.05, 3.63) is 56.3 Å². The Morgan fingerprint density at radius 1 is 1.48 bits per heavy atom. The number of hydrogen-bond donors (Lipinski definition) is 2. The third-order valence-corrected chi connectivity index (χ3v) is 3.68. The molecule has 2 aromatic rings. The smallest absolute Gasteiger partial charge is 0.270 e. The molecule has 7 nitrogen and oxygen atoms in total. The first-order chi connectivity index (χ1) is 10.0. The Kier molecular flexibility index (Phi) is 4.27. The van der Waals surface area contributed by atoms with Crippen molar-refractivity contribution in [2.75, 3.05) is 5.32 Å². The molecule has 0 aliphatic carbocycles. The number of nitro benzene ring substituents is 1. The van der Waals surface area contributed by atoms with Crippen molar-refractivity contribution in [1.29, 1.82) is 5.26 Å². The van der Waals surface area contributed by atoms with Crippen LogP contribution in [-0.2, 0) is 4.79 Å². The van der Waals surface area contributed by atoms with E-state index in [2.05, 4.69) is 5.32 Å². The summed E-state index contributed by atoms with van der Waals surface area (Å²) in [5.74, 6) is -0.484. The second-order valence-electron chi connectivity index (χ2n) is 4.08. The van der Waals surface area contributed by atoms with Crippen LogP contribution in [0.5, 0.6) is 0 Å². The van der Waals surface area contributed by atoms with Gasteiger partial charge >= 0.3 is 0 Å². The molecule has 8 heteroatoms. The maximum atomic E-state index is 12.0. The zero-order chi connectivity index (χ0) is 15.4. The third kappa shape index (κ3) is 3.22. The number of nitro groups is 1. The number of anilines is 1. The number of carbonyl (C=O) groups is 1. The minimum atomic E-state index is -0.855. The lowest BCUT2D eigenvalue weighted by atomic mass is 10.1. The van der Waals surface area contributed by atoms with Crippen molar-refractivity contribution in [2.24, 2.45) is 5.73 Å². The molecular weight excluding hydrogens is 292 g/mol. The lowest BCUT2D eigenvalue weighted by Gasteiger charge is -2.11. The Balaban J connectivity index is 2.22. The number of nitriles is 1. The van der Waals surface area contributed by atoms with Gasteiger partial charge in [0.25, 0.3) is 5.69 Å². The van der Waals surface area contributed by atoms with Crippen molar-refractivity contribution in [3.63, 3.8) is 0 Å². The summed E-state index contributed by atoms with van der Waals surface area (Å²) in [6.07, 6.45) is 0. The standard InChI is InChI=1S/C13H10N4O3S/c14-7-8-6-9(17(19)20)3-4-10(8)16-13(18)12(15)11-2-1-5-21-11/h1-6,12H,15H2,(H,16,18). The molecular formula is C13H10N4O3S. The average molecular weight is 302 g/mol. The van der Waals surface area contributed by atoms with E-state index in [9.17, 15) is 14.9 Å². The van der Waals surface area contributed by atoms with Gasteiger partial charge in [0.05, 0.1) is 16.2 Å². The summed E-state index contributed by atoms with van der Waals surface area (Å²) in [4.78, 5) is 22.8. The lowest BCUT2D eigenvalue weighted by Crippen LogP contribution is -2.27. The molecule has 2 rings (SSSR count). The molecule has 0 fully saturated rings. The van der Waals surface area contributed by atoms with Gasteiger partial charge in [-0.2, -0.15) is 5.26 Å². The van der Waals surface area contributed by atoms with Crippen LogP contribution in [0.3, 0.4) is 0 Å². The van der Waals surface area contributed by atoms with Crippen LogP contribution in [0.25, 0.3) is 0 Å². The van der Waals surface area contributed by atoms with Gasteiger partial charge < -0.3 is 11.1 Å². The number of nitrogens with two attached hydrogens (primary N) is 1. The van der Waals surface area contributed by atoms with Gasteiger partial charge in [0.15, 0.2) is 0 Å². The van der Waals surface area contributed by atoms with Crippen LogP contribution in [0, 0.1) is 21.4 Å². The van der Waals surface area contributed by atoms with Gasteiger partial charge in [0, 0.05) is 17.0 Å². The molecule has 106 valence electrons. The molecule has 1 aromatic carbocycles. The van der Waals surface area contributed by atoms with Crippen LogP contribution in [0.4, 0.5) is 11.4 Å². The summed E-state index contributed by atoms with van der Waals surface area (Å²) in [6, 6.07) is 8.10. The van der Waals surface area contributed by atoms with E-state index in [1.54, 1.807) is 17.5 Å². The fourth-order valence-electron chi connectivity index (χ4n) is 1.66. The maximum Gasteiger partial charge on any atom is 0.270 e. The first kappa shape index (κ1) is 14.6. The van der Waals surface area contributed by atoms with Crippen LogP contribution >= 0.6 is 11.3 Å². The van der Waals surface area contributed by atoms with E-state index in [1.165, 1.54) is 23.5 Å². The second kappa shape index (κ2) is 6.13. The van der Waals surface area contributed by atoms with Crippen LogP contribution in [0.15, 0.2) is 35.7 Å². The van der Waals surface area contributed by atoms with E-state index in [0.29, 0.717) is 4.88 Å². The number of rotatable bonds is 4. The first-order valence-electron chi connectivity index (χ1n) is 5.81. The molecule has 1 amide bonds. The Hall–Kier alpha value is -2.76. The fourth-order valence-corrected chi connectivity index (χ4v) is 2.38. The lowest BCUT2D eigenvalue weighted by molar-refractivity contribution is -0.384. The van der Waals surface area contributed by atoms with Gasteiger partial charge in [-0.25, -0.2) is 0 Å². The predicted octanol–water partition coefficient (Wildman–Crippen LogP) is 2.17. The molecule has 3 N–H and O–H groups in total. The van der Waals surface area contributed by atoms with Gasteiger partial charge in [-0.1, -0.05) is 6.07 Å². The zero-order valence-corrected chi connectivity index (χ0v) is 11.5. The fraction of sp³-hybridized carbons (Fsp3) is 0.0769. The Morgan fingerprint density at radius 2 is 2.24 bits per heavy atom. The highest BCUT2D eigenvalue weighted by Crippen LogP contribution is 2.23. The van der Waals surface area contributed by atoms with Crippen molar-refractivity contribution in [2.45, 2.75) is 6.04 Å². The quantitative estimate of drug-likeness (QED) is 0.662. The molecule has 1 aromatic heterocycles. The van der Waals surface area contributed by atoms with E-state index in [0.717, 1.165) is 6.07 Å². The van der Waals surface area contributed by atoms with Gasteiger partial charge in [0.2, 0.25) is 5.91 Å². The number of carbonyl (C=O) groups excluding carboxylic acids is 1. The Morgan fingerprint density at radius 3 is 2.81 bits per heavy atom. The number of hydrogen-bond acceptors (Lipinski definition) is 6. The van der Waals surface area contributed by atoms with Crippen molar-refractivity contribution < 1.29 is 9.72 Å². The largest absolute Gasteiger partial charge is 0.323 e. The van der Waals surface area contributed by atoms with Crippen LogP contribution in [0.2, 0.25) is 0 Å². The zero-order valence-electron chi connectivity index (χ0n) is 10.6. The van der Waals surface area contributed by atoms with Crippen LogP contribution in [0.1, 0.15) is 16.5 Å². The molecule has 0 saturated carbocycles. The Bertz CT molecular complexity index is 722. The number of thiophene rings is 1. The van der Waals surface area contributed by atoms with E-state index >= 15 is 0 Å². The average Bonchev–Trinajstić information content (AvgIpc) is 3.00. The summed E-state index contributed by atoms with van der Waals surface area (Å²) in [5.41, 5.74) is 5.80. The van der Waals surface area contributed by atoms with E-state index in [4.69, 9.17) is 11.0 Å². The first-order valence-corrected chi connectivity index (χ1v) is 6.69. The molecule has 1 unspecified atom stereocenters. The summed E-state index contributed by atoms with van der Waals surface area (Å²) in [5, 5.41) is 24.0. The van der Waals surface area contributed by atoms with Crippen LogP contribution in [-0.4, -0.2) is 10.8 Å². The molecule has 21 heavy (non-hydrogen) atoms. The summed E-state index contributed by atoms with van der Waals surface area (Å²) < 4.78 is 0. The van der Waals surface area contributed by atoms with Crippen molar-refractivity contribution >= 4 is 28.6 Å². The van der Waals surface area contributed by atoms with E-state index < -0.39 is 16.9 Å². The van der Waals surface area contributed by atoms with Gasteiger partial charge in [-0.3, -0.25) is 14.9 Å². The van der Waals surface area contributed by atoms with Gasteiger partial charge in [0.1, 0.15) is 12.1 Å². The summed E-state index contributed by atoms with van der Waals surface area (Å²) in [6.45, 7) is 0. The monoisotopic (exact) mass is 302 g/mol. The number of benzene rings is 1. The molecule has 1 heterocycles. The highest BCUT2D eigenvalue weighted by atomic mass is 32.1. The number of amides is 1. The minimum absolute atomic E-state index is 0.0101. The predicted molar refractivity (Wildman–Crippen MR) is 77.7 cm³/mol. The highest BCUT2D eigenvalue weighted by Gasteiger charge is 2.19. The summed E-state index contributed by atoms with van der Waals surface area (Å²) in [7, 11) is 0. The normalized spacial score (nSPS) is 11.4. The van der Waals surface area contributed by atoms with Gasteiger partial charge in [-0.05, 0) is 17.5 Å². The second-order valence-corrected chi connectivity index (χ2v) is 5.06. The molecule has 0 radical (unpaired) electrons. The third-order valence-electron chi connectivity index (χ3n) is 2.72. The molecule has 0 spiro atoms. The minimum Gasteiger partial charge on any atom is -0.323 e. The van der Waals surface area contributed by atoms with E-state index in [-0.39, 0.29) is 16.9 Å². The topological polar surface area (TPSA) is 122 Å². The van der Waals surface area contributed by atoms with Gasteiger partial charge in [-0.15, -0.1) is 11.3 Å². The van der Waals surface area contributed by atoms with Crippen LogP contribution < -0.4 is 11.1 Å². The Labute approximate surface area is 123 Å². The number of non-ortho nitro benzene ring substituents is 1. The molecule has 0 aliphatic rings. The number of nitrogens with one attached hydrogen (secondary N) is 1.